The number of halogens is 3. The Hall–Kier alpha value is -2.01. The Bertz CT molecular complexity index is 591. The predicted octanol–water partition coefficient (Wildman–Crippen LogP) is 4.56. The Kier molecular flexibility index (Phi) is 5.22. The molecule has 0 aliphatic rings. The average Bonchev–Trinajstić information content (AvgIpc) is 2.46. The van der Waals surface area contributed by atoms with E-state index in [1.165, 1.54) is 12.1 Å². The molecule has 0 saturated heterocycles. The van der Waals surface area contributed by atoms with Crippen molar-refractivity contribution in [3.8, 4) is 11.5 Å². The summed E-state index contributed by atoms with van der Waals surface area (Å²) in [6.45, 7) is -2.26. The predicted molar refractivity (Wildman–Crippen MR) is 78.4 cm³/mol. The van der Waals surface area contributed by atoms with Crippen LogP contribution in [0.5, 0.6) is 11.5 Å². The molecular weight excluding hydrogens is 300 g/mol. The van der Waals surface area contributed by atoms with E-state index in [2.05, 4.69) is 10.1 Å². The summed E-state index contributed by atoms with van der Waals surface area (Å²) in [5.74, 6) is 0.747. The monoisotopic (exact) mass is 313 g/mol. The van der Waals surface area contributed by atoms with Crippen molar-refractivity contribution in [2.45, 2.75) is 13.2 Å². The molecule has 0 bridgehead atoms. The van der Waals surface area contributed by atoms with Gasteiger partial charge in [-0.25, -0.2) is 0 Å². The first-order chi connectivity index (χ1) is 10.1. The van der Waals surface area contributed by atoms with E-state index in [0.717, 1.165) is 11.3 Å². The fraction of sp³-hybridized carbons (Fsp3) is 0.200. The van der Waals surface area contributed by atoms with Gasteiger partial charge in [-0.2, -0.15) is 8.78 Å². The van der Waals surface area contributed by atoms with Gasteiger partial charge in [0, 0.05) is 12.2 Å². The Balaban J connectivity index is 1.95. The zero-order valence-electron chi connectivity index (χ0n) is 11.3. The minimum Gasteiger partial charge on any atom is -0.495 e. The van der Waals surface area contributed by atoms with E-state index in [1.54, 1.807) is 25.3 Å². The van der Waals surface area contributed by atoms with Gasteiger partial charge in [-0.3, -0.25) is 0 Å². The van der Waals surface area contributed by atoms with Crippen LogP contribution in [0.15, 0.2) is 42.5 Å². The van der Waals surface area contributed by atoms with Gasteiger partial charge in [-0.1, -0.05) is 17.7 Å². The van der Waals surface area contributed by atoms with Crippen LogP contribution in [-0.4, -0.2) is 13.7 Å². The standard InChI is InChI=1S/C15H14ClF2NO2/c1-20-14-7-2-10(8-13(14)16)9-19-11-3-5-12(6-4-11)21-15(17)18/h2-8,15,19H,9H2,1H3. The fourth-order valence-electron chi connectivity index (χ4n) is 1.78. The average molecular weight is 314 g/mol. The molecule has 0 aliphatic heterocycles. The largest absolute Gasteiger partial charge is 0.495 e. The van der Waals surface area contributed by atoms with Gasteiger partial charge in [0.2, 0.25) is 0 Å². The first-order valence-electron chi connectivity index (χ1n) is 6.19. The number of anilines is 1. The van der Waals surface area contributed by atoms with Crippen molar-refractivity contribution in [3.63, 3.8) is 0 Å². The third-order valence-corrected chi connectivity index (χ3v) is 3.09. The Morgan fingerprint density at radius 2 is 1.86 bits per heavy atom. The topological polar surface area (TPSA) is 30.5 Å². The van der Waals surface area contributed by atoms with Gasteiger partial charge in [-0.05, 0) is 42.0 Å². The lowest BCUT2D eigenvalue weighted by atomic mass is 10.2. The number of nitrogens with one attached hydrogen (secondary N) is 1. The lowest BCUT2D eigenvalue weighted by Gasteiger charge is -2.10. The van der Waals surface area contributed by atoms with Gasteiger partial charge < -0.3 is 14.8 Å². The molecule has 0 aliphatic carbocycles. The van der Waals surface area contributed by atoms with Crippen LogP contribution in [0.4, 0.5) is 14.5 Å². The Labute approximate surface area is 126 Å². The third-order valence-electron chi connectivity index (χ3n) is 2.79. The third kappa shape index (κ3) is 4.49. The van der Waals surface area contributed by atoms with E-state index in [9.17, 15) is 8.78 Å². The number of hydrogen-bond donors (Lipinski definition) is 1. The molecular formula is C15H14ClF2NO2. The molecule has 1 N–H and O–H groups in total. The summed E-state index contributed by atoms with van der Waals surface area (Å²) >= 11 is 6.04. The summed E-state index contributed by atoms with van der Waals surface area (Å²) < 4.78 is 33.4. The van der Waals surface area contributed by atoms with Crippen LogP contribution in [0.25, 0.3) is 0 Å². The molecule has 0 radical (unpaired) electrons. The van der Waals surface area contributed by atoms with Crippen LogP contribution < -0.4 is 14.8 Å². The summed E-state index contributed by atoms with van der Waals surface area (Å²) in [5.41, 5.74) is 1.78. The number of methoxy groups -OCH3 is 1. The maximum absolute atomic E-state index is 12.0. The molecule has 112 valence electrons. The smallest absolute Gasteiger partial charge is 0.387 e. The number of benzene rings is 2. The molecule has 2 aromatic carbocycles. The first-order valence-corrected chi connectivity index (χ1v) is 6.57. The van der Waals surface area contributed by atoms with Gasteiger partial charge in [0.05, 0.1) is 12.1 Å². The van der Waals surface area contributed by atoms with Gasteiger partial charge in [0.25, 0.3) is 0 Å². The highest BCUT2D eigenvalue weighted by molar-refractivity contribution is 6.32. The summed E-state index contributed by atoms with van der Waals surface area (Å²) in [5, 5.41) is 3.70. The van der Waals surface area contributed by atoms with E-state index in [0.29, 0.717) is 17.3 Å². The van der Waals surface area contributed by atoms with Crippen molar-refractivity contribution >= 4 is 17.3 Å². The molecule has 6 heteroatoms. The van der Waals surface area contributed by atoms with Crippen molar-refractivity contribution in [1.29, 1.82) is 0 Å². The second kappa shape index (κ2) is 7.13. The van der Waals surface area contributed by atoms with Crippen LogP contribution >= 0.6 is 11.6 Å². The van der Waals surface area contributed by atoms with Gasteiger partial charge >= 0.3 is 6.61 Å². The number of alkyl halides is 2. The van der Waals surface area contributed by atoms with Crippen molar-refractivity contribution in [3.05, 3.63) is 53.1 Å². The van der Waals surface area contributed by atoms with Gasteiger partial charge in [-0.15, -0.1) is 0 Å². The molecule has 0 saturated carbocycles. The second-order valence-electron chi connectivity index (χ2n) is 4.23. The van der Waals surface area contributed by atoms with Gasteiger partial charge in [0.15, 0.2) is 0 Å². The van der Waals surface area contributed by atoms with Crippen LogP contribution in [0.1, 0.15) is 5.56 Å². The Morgan fingerprint density at radius 3 is 2.43 bits per heavy atom. The molecule has 0 atom stereocenters. The highest BCUT2D eigenvalue weighted by Crippen LogP contribution is 2.25. The second-order valence-corrected chi connectivity index (χ2v) is 4.63. The lowest BCUT2D eigenvalue weighted by molar-refractivity contribution is -0.0498. The quantitative estimate of drug-likeness (QED) is 0.848. The molecule has 3 nitrogen and oxygen atoms in total. The van der Waals surface area contributed by atoms with Crippen molar-refractivity contribution < 1.29 is 18.3 Å². The van der Waals surface area contributed by atoms with Crippen molar-refractivity contribution in [1.82, 2.24) is 0 Å². The van der Waals surface area contributed by atoms with E-state index in [-0.39, 0.29) is 5.75 Å². The molecule has 2 rings (SSSR count). The number of rotatable bonds is 6. The molecule has 2 aromatic rings. The van der Waals surface area contributed by atoms with Crippen molar-refractivity contribution in [2.24, 2.45) is 0 Å². The zero-order valence-corrected chi connectivity index (χ0v) is 12.0. The van der Waals surface area contributed by atoms with E-state index in [4.69, 9.17) is 16.3 Å². The van der Waals surface area contributed by atoms with Gasteiger partial charge in [0.1, 0.15) is 11.5 Å². The number of hydrogen-bond acceptors (Lipinski definition) is 3. The Morgan fingerprint density at radius 1 is 1.14 bits per heavy atom. The molecule has 0 spiro atoms. The van der Waals surface area contributed by atoms with Crippen LogP contribution in [0.3, 0.4) is 0 Å². The minimum atomic E-state index is -2.81. The molecule has 0 aromatic heterocycles. The fourth-order valence-corrected chi connectivity index (χ4v) is 2.06. The summed E-state index contributed by atoms with van der Waals surface area (Å²) in [6.07, 6.45) is 0. The molecule has 0 unspecified atom stereocenters. The highest BCUT2D eigenvalue weighted by atomic mass is 35.5. The maximum atomic E-state index is 12.0. The SMILES string of the molecule is COc1ccc(CNc2ccc(OC(F)F)cc2)cc1Cl. The van der Waals surface area contributed by atoms with E-state index in [1.807, 2.05) is 12.1 Å². The van der Waals surface area contributed by atoms with E-state index < -0.39 is 6.61 Å². The first kappa shape index (κ1) is 15.4. The molecule has 0 amide bonds. The van der Waals surface area contributed by atoms with Crippen LogP contribution in [0, 0.1) is 0 Å². The summed E-state index contributed by atoms with van der Waals surface area (Å²) in [4.78, 5) is 0. The molecule has 21 heavy (non-hydrogen) atoms. The van der Waals surface area contributed by atoms with Crippen LogP contribution in [-0.2, 0) is 6.54 Å². The molecule has 0 heterocycles. The highest BCUT2D eigenvalue weighted by Gasteiger charge is 2.04. The summed E-state index contributed by atoms with van der Waals surface area (Å²) in [6, 6.07) is 11.8. The van der Waals surface area contributed by atoms with Crippen LogP contribution in [0.2, 0.25) is 5.02 Å². The van der Waals surface area contributed by atoms with Crippen molar-refractivity contribution in [2.75, 3.05) is 12.4 Å². The minimum absolute atomic E-state index is 0.128. The summed E-state index contributed by atoms with van der Waals surface area (Å²) in [7, 11) is 1.56. The maximum Gasteiger partial charge on any atom is 0.387 e. The van der Waals surface area contributed by atoms with E-state index >= 15 is 0 Å². The number of ether oxygens (including phenoxy) is 2. The zero-order chi connectivity index (χ0) is 15.2. The molecule has 0 fully saturated rings. The normalized spacial score (nSPS) is 10.5. The lowest BCUT2D eigenvalue weighted by Crippen LogP contribution is -2.02.